The predicted molar refractivity (Wildman–Crippen MR) is 141 cm³/mol. The first-order valence-electron chi connectivity index (χ1n) is 11.4. The fourth-order valence-corrected chi connectivity index (χ4v) is 5.43. The van der Waals surface area contributed by atoms with Gasteiger partial charge in [-0.25, -0.2) is 9.24 Å². The Labute approximate surface area is 200 Å². The molecule has 0 fully saturated rings. The number of benzene rings is 5. The summed E-state index contributed by atoms with van der Waals surface area (Å²) in [7, 11) is 0. The first kappa shape index (κ1) is 19.6. The smallest absolute Gasteiger partial charge is 0.210 e. The lowest BCUT2D eigenvalue weighted by Crippen LogP contribution is -1.96. The zero-order valence-electron chi connectivity index (χ0n) is 18.6. The minimum Gasteiger partial charge on any atom is -0.319 e. The van der Waals surface area contributed by atoms with Gasteiger partial charge in [-0.15, -0.1) is 0 Å². The molecular formula is C31H18FN3. The molecule has 2 aromatic heterocycles. The monoisotopic (exact) mass is 451 g/mol. The van der Waals surface area contributed by atoms with Crippen molar-refractivity contribution in [1.82, 2.24) is 9.13 Å². The summed E-state index contributed by atoms with van der Waals surface area (Å²) in [6, 6.07) is 35.4. The van der Waals surface area contributed by atoms with E-state index in [1.54, 1.807) is 6.07 Å². The van der Waals surface area contributed by atoms with Crippen molar-refractivity contribution in [3.63, 3.8) is 0 Å². The summed E-state index contributed by atoms with van der Waals surface area (Å²) < 4.78 is 19.4. The molecular weight excluding hydrogens is 433 g/mol. The van der Waals surface area contributed by atoms with Crippen LogP contribution in [0.15, 0.2) is 109 Å². The molecule has 0 aliphatic heterocycles. The van der Waals surface area contributed by atoms with E-state index in [0.29, 0.717) is 11.1 Å². The molecule has 35 heavy (non-hydrogen) atoms. The van der Waals surface area contributed by atoms with Gasteiger partial charge in [0, 0.05) is 21.5 Å². The van der Waals surface area contributed by atoms with Crippen LogP contribution in [0.2, 0.25) is 0 Å². The Hall–Kier alpha value is -4.88. The minimum atomic E-state index is -0.224. The van der Waals surface area contributed by atoms with E-state index in [-0.39, 0.29) is 5.82 Å². The molecule has 4 heteroatoms. The van der Waals surface area contributed by atoms with Crippen molar-refractivity contribution >= 4 is 49.3 Å². The molecule has 0 aliphatic rings. The van der Waals surface area contributed by atoms with Gasteiger partial charge < -0.3 is 9.13 Å². The molecule has 0 atom stereocenters. The van der Waals surface area contributed by atoms with Crippen LogP contribution in [0.25, 0.3) is 59.8 Å². The third-order valence-corrected chi connectivity index (χ3v) is 6.81. The molecule has 0 saturated carbocycles. The van der Waals surface area contributed by atoms with E-state index < -0.39 is 0 Å². The fraction of sp³-hybridized carbons (Fsp3) is 0. The number of hydrogen-bond acceptors (Lipinski definition) is 0. The van der Waals surface area contributed by atoms with Crippen molar-refractivity contribution < 1.29 is 4.39 Å². The normalized spacial score (nSPS) is 11.5. The highest BCUT2D eigenvalue weighted by atomic mass is 19.1. The van der Waals surface area contributed by atoms with Crippen LogP contribution in [0.3, 0.4) is 0 Å². The summed E-state index contributed by atoms with van der Waals surface area (Å²) in [5, 5.41) is 3.66. The fourth-order valence-electron chi connectivity index (χ4n) is 5.43. The number of halogens is 1. The van der Waals surface area contributed by atoms with Crippen molar-refractivity contribution in [2.75, 3.05) is 0 Å². The molecule has 0 saturated heterocycles. The van der Waals surface area contributed by atoms with Crippen LogP contribution in [0.4, 0.5) is 10.1 Å². The third-order valence-electron chi connectivity index (χ3n) is 6.81. The highest BCUT2D eigenvalue weighted by Gasteiger charge is 2.20. The van der Waals surface area contributed by atoms with E-state index >= 15 is 4.39 Å². The third kappa shape index (κ3) is 2.64. The Balaban J connectivity index is 1.70. The first-order chi connectivity index (χ1) is 17.3. The van der Waals surface area contributed by atoms with E-state index in [9.17, 15) is 0 Å². The number of rotatable bonds is 2. The topological polar surface area (TPSA) is 14.2 Å². The second-order valence-corrected chi connectivity index (χ2v) is 8.61. The lowest BCUT2D eigenvalue weighted by atomic mass is 10.1. The Morgan fingerprint density at radius 3 is 1.77 bits per heavy atom. The van der Waals surface area contributed by atoms with Crippen LogP contribution in [-0.2, 0) is 0 Å². The van der Waals surface area contributed by atoms with E-state index in [1.165, 1.54) is 6.07 Å². The van der Waals surface area contributed by atoms with Crippen LogP contribution in [0, 0.1) is 12.4 Å². The van der Waals surface area contributed by atoms with Gasteiger partial charge in [-0.1, -0.05) is 66.7 Å². The van der Waals surface area contributed by atoms with Crippen LogP contribution in [0.1, 0.15) is 0 Å². The lowest BCUT2D eigenvalue weighted by Gasteiger charge is -2.12. The quantitative estimate of drug-likeness (QED) is 0.234. The molecule has 0 spiro atoms. The summed E-state index contributed by atoms with van der Waals surface area (Å²) in [6.45, 7) is 7.73. The van der Waals surface area contributed by atoms with Crippen LogP contribution in [0.5, 0.6) is 0 Å². The van der Waals surface area contributed by atoms with Crippen molar-refractivity contribution in [3.8, 4) is 11.4 Å². The molecule has 3 nitrogen and oxygen atoms in total. The molecule has 7 aromatic rings. The zero-order chi connectivity index (χ0) is 23.5. The maximum absolute atomic E-state index is 15.1. The molecule has 0 amide bonds. The Morgan fingerprint density at radius 2 is 1.03 bits per heavy atom. The summed E-state index contributed by atoms with van der Waals surface area (Å²) in [5.74, 6) is -0.224. The van der Waals surface area contributed by atoms with Crippen molar-refractivity contribution in [2.24, 2.45) is 0 Å². The van der Waals surface area contributed by atoms with Gasteiger partial charge in [0.1, 0.15) is 5.82 Å². The van der Waals surface area contributed by atoms with E-state index in [1.807, 2.05) is 72.8 Å². The van der Waals surface area contributed by atoms with E-state index in [4.69, 9.17) is 6.57 Å². The molecule has 0 unspecified atom stereocenters. The zero-order valence-corrected chi connectivity index (χ0v) is 18.6. The minimum absolute atomic E-state index is 0.224. The van der Waals surface area contributed by atoms with E-state index in [2.05, 4.69) is 38.2 Å². The van der Waals surface area contributed by atoms with Crippen LogP contribution in [-0.4, -0.2) is 9.13 Å². The van der Waals surface area contributed by atoms with E-state index in [0.717, 1.165) is 49.6 Å². The summed E-state index contributed by atoms with van der Waals surface area (Å²) >= 11 is 0. The average Bonchev–Trinajstić information content (AvgIpc) is 3.42. The number of para-hydroxylation sites is 4. The van der Waals surface area contributed by atoms with Gasteiger partial charge in [0.05, 0.1) is 40.0 Å². The Kier molecular flexibility index (Phi) is 4.09. The number of hydrogen-bond donors (Lipinski definition) is 0. The van der Waals surface area contributed by atoms with Gasteiger partial charge in [-0.2, -0.15) is 0 Å². The largest absolute Gasteiger partial charge is 0.319 e. The SMILES string of the molecule is [C-]#[N+]c1ccccc1-n1c2ccccc2c2c(-n3c4ccccc4c4c(F)cccc43)cccc21. The summed E-state index contributed by atoms with van der Waals surface area (Å²) in [4.78, 5) is 3.79. The van der Waals surface area contributed by atoms with Gasteiger partial charge >= 0.3 is 0 Å². The molecule has 0 N–H and O–H groups in total. The summed E-state index contributed by atoms with van der Waals surface area (Å²) in [6.07, 6.45) is 0. The number of fused-ring (bicyclic) bond motifs is 6. The standard InChI is InChI=1S/C31H18FN3/c1-33-23-13-4-7-16-26(23)34-25-15-6-3-11-21(25)31-28(34)18-9-19-29(31)35-24-14-5-2-10-20(24)30-22(32)12-8-17-27(30)35/h2-19H. The Bertz CT molecular complexity index is 1980. The highest BCUT2D eigenvalue weighted by molar-refractivity contribution is 6.16. The molecule has 5 aromatic carbocycles. The van der Waals surface area contributed by atoms with Crippen LogP contribution >= 0.6 is 0 Å². The predicted octanol–water partition coefficient (Wildman–Crippen LogP) is 8.57. The van der Waals surface area contributed by atoms with Crippen LogP contribution < -0.4 is 0 Å². The maximum atomic E-state index is 15.1. The number of nitrogens with zero attached hydrogens (tertiary/aromatic N) is 3. The second kappa shape index (κ2) is 7.31. The maximum Gasteiger partial charge on any atom is 0.210 e. The van der Waals surface area contributed by atoms with Gasteiger partial charge in [-0.05, 0) is 42.5 Å². The highest BCUT2D eigenvalue weighted by Crippen LogP contribution is 2.41. The van der Waals surface area contributed by atoms with Crippen molar-refractivity contribution in [1.29, 1.82) is 0 Å². The first-order valence-corrected chi connectivity index (χ1v) is 11.4. The molecule has 7 rings (SSSR count). The lowest BCUT2D eigenvalue weighted by molar-refractivity contribution is 0.640. The average molecular weight is 452 g/mol. The van der Waals surface area contributed by atoms with Gasteiger partial charge in [0.15, 0.2) is 0 Å². The number of aromatic nitrogens is 2. The molecule has 0 bridgehead atoms. The van der Waals surface area contributed by atoms with Gasteiger partial charge in [0.2, 0.25) is 5.69 Å². The molecule has 164 valence electrons. The molecule has 0 aliphatic carbocycles. The van der Waals surface area contributed by atoms with Crippen molar-refractivity contribution in [3.05, 3.63) is 126 Å². The van der Waals surface area contributed by atoms with Gasteiger partial charge in [-0.3, -0.25) is 0 Å². The van der Waals surface area contributed by atoms with Crippen molar-refractivity contribution in [2.45, 2.75) is 0 Å². The summed E-state index contributed by atoms with van der Waals surface area (Å²) in [5.41, 5.74) is 6.24. The molecule has 2 heterocycles. The molecule has 0 radical (unpaired) electrons. The second-order valence-electron chi connectivity index (χ2n) is 8.61. The Morgan fingerprint density at radius 1 is 0.514 bits per heavy atom. The van der Waals surface area contributed by atoms with Gasteiger partial charge in [0.25, 0.3) is 0 Å².